The number of benzene rings is 2. The van der Waals surface area contributed by atoms with Gasteiger partial charge in [-0.2, -0.15) is 0 Å². The van der Waals surface area contributed by atoms with Crippen molar-refractivity contribution in [2.45, 2.75) is 6.92 Å². The molecule has 1 heteroatoms. The first-order chi connectivity index (χ1) is 6.36. The molecule has 0 aliphatic rings. The Balaban J connectivity index is 0.000000980. The van der Waals surface area contributed by atoms with Crippen LogP contribution in [0, 0.1) is 6.92 Å². The zero-order valence-corrected chi connectivity index (χ0v) is 7.70. The maximum absolute atomic E-state index is 2.20. The van der Waals surface area contributed by atoms with Gasteiger partial charge in [-0.15, -0.1) is 0 Å². The molecule has 0 amide bonds. The summed E-state index contributed by atoms with van der Waals surface area (Å²) in [5.74, 6) is 0. The van der Waals surface area contributed by atoms with Crippen molar-refractivity contribution in [3.8, 4) is 11.1 Å². The molecule has 0 saturated heterocycles. The van der Waals surface area contributed by atoms with Gasteiger partial charge in [-0.05, 0) is 18.1 Å². The Morgan fingerprint density at radius 1 is 0.714 bits per heavy atom. The van der Waals surface area contributed by atoms with Crippen molar-refractivity contribution in [2.75, 3.05) is 0 Å². The molecule has 0 saturated carbocycles. The second kappa shape index (κ2) is 5.35. The summed E-state index contributed by atoms with van der Waals surface area (Å²) in [7, 11) is 0. The predicted octanol–water partition coefficient (Wildman–Crippen LogP) is 3.01. The molecule has 0 heterocycles. The fourth-order valence-corrected chi connectivity index (χ4v) is 1.46. The van der Waals surface area contributed by atoms with E-state index in [4.69, 9.17) is 0 Å². The molecule has 0 aliphatic carbocycles. The standard InChI is InChI=1S/C13H12.Na.H/c1-11-6-5-9-13(10-11)12-7-3-2-4-8-12;;/h2-10H,1H3;;. The number of aryl methyl sites for hydroxylation is 1. The van der Waals surface area contributed by atoms with Gasteiger partial charge >= 0.3 is 29.6 Å². The van der Waals surface area contributed by atoms with Crippen LogP contribution in [0.1, 0.15) is 5.56 Å². The topological polar surface area (TPSA) is 0 Å². The van der Waals surface area contributed by atoms with Crippen LogP contribution in [0.4, 0.5) is 0 Å². The molecule has 0 aromatic heterocycles. The summed E-state index contributed by atoms with van der Waals surface area (Å²) in [6, 6.07) is 19.0. The molecule has 0 atom stereocenters. The van der Waals surface area contributed by atoms with Gasteiger partial charge < -0.3 is 0 Å². The van der Waals surface area contributed by atoms with Gasteiger partial charge in [0.2, 0.25) is 0 Å². The Labute approximate surface area is 107 Å². The molecule has 2 rings (SSSR count). The fourth-order valence-electron chi connectivity index (χ4n) is 1.46. The van der Waals surface area contributed by atoms with Crippen LogP contribution < -0.4 is 0 Å². The van der Waals surface area contributed by atoms with Crippen molar-refractivity contribution in [1.29, 1.82) is 0 Å². The average Bonchev–Trinajstić information content (AvgIpc) is 2.19. The minimum absolute atomic E-state index is 0. The van der Waals surface area contributed by atoms with Crippen LogP contribution in [0.3, 0.4) is 0 Å². The van der Waals surface area contributed by atoms with Crippen LogP contribution in [0.15, 0.2) is 54.6 Å². The number of rotatable bonds is 1. The third-order valence-corrected chi connectivity index (χ3v) is 2.13. The number of hydrogen-bond acceptors (Lipinski definition) is 0. The van der Waals surface area contributed by atoms with Crippen LogP contribution in [-0.2, 0) is 0 Å². The van der Waals surface area contributed by atoms with Crippen LogP contribution in [-0.4, -0.2) is 29.6 Å². The van der Waals surface area contributed by atoms with Gasteiger partial charge in [-0.1, -0.05) is 60.2 Å². The first-order valence-corrected chi connectivity index (χ1v) is 4.48. The van der Waals surface area contributed by atoms with Gasteiger partial charge in [-0.3, -0.25) is 0 Å². The molecule has 14 heavy (non-hydrogen) atoms. The molecular weight excluding hydrogens is 179 g/mol. The van der Waals surface area contributed by atoms with E-state index in [-0.39, 0.29) is 29.6 Å². The molecule has 2 aromatic carbocycles. The van der Waals surface area contributed by atoms with E-state index in [2.05, 4.69) is 55.5 Å². The van der Waals surface area contributed by atoms with Crippen LogP contribution in [0.25, 0.3) is 11.1 Å². The summed E-state index contributed by atoms with van der Waals surface area (Å²) < 4.78 is 0. The molecule has 0 bridgehead atoms. The van der Waals surface area contributed by atoms with E-state index in [1.165, 1.54) is 16.7 Å². The molecule has 66 valence electrons. The van der Waals surface area contributed by atoms with Crippen molar-refractivity contribution in [1.82, 2.24) is 0 Å². The van der Waals surface area contributed by atoms with E-state index < -0.39 is 0 Å². The summed E-state index contributed by atoms with van der Waals surface area (Å²) in [6.45, 7) is 2.12. The van der Waals surface area contributed by atoms with Gasteiger partial charge in [0, 0.05) is 0 Å². The summed E-state index contributed by atoms with van der Waals surface area (Å²) >= 11 is 0. The summed E-state index contributed by atoms with van der Waals surface area (Å²) in [6.07, 6.45) is 0. The van der Waals surface area contributed by atoms with Crippen LogP contribution in [0.2, 0.25) is 0 Å². The van der Waals surface area contributed by atoms with E-state index in [0.29, 0.717) is 0 Å². The Hall–Kier alpha value is -0.560. The van der Waals surface area contributed by atoms with Gasteiger partial charge in [-0.25, -0.2) is 0 Å². The van der Waals surface area contributed by atoms with Gasteiger partial charge in [0.15, 0.2) is 0 Å². The molecule has 0 radical (unpaired) electrons. The third-order valence-electron chi connectivity index (χ3n) is 2.13. The van der Waals surface area contributed by atoms with E-state index in [9.17, 15) is 0 Å². The van der Waals surface area contributed by atoms with Crippen LogP contribution >= 0.6 is 0 Å². The van der Waals surface area contributed by atoms with Gasteiger partial charge in [0.1, 0.15) is 0 Å². The van der Waals surface area contributed by atoms with E-state index in [1.54, 1.807) is 0 Å². The molecule has 0 fully saturated rings. The van der Waals surface area contributed by atoms with E-state index >= 15 is 0 Å². The van der Waals surface area contributed by atoms with E-state index in [1.807, 2.05) is 6.07 Å². The second-order valence-corrected chi connectivity index (χ2v) is 3.24. The van der Waals surface area contributed by atoms with E-state index in [0.717, 1.165) is 0 Å². The third kappa shape index (κ3) is 2.71. The summed E-state index contributed by atoms with van der Waals surface area (Å²) in [5, 5.41) is 0. The normalized spacial score (nSPS) is 9.21. The molecular formula is C13H13Na. The van der Waals surface area contributed by atoms with Crippen molar-refractivity contribution >= 4 is 29.6 Å². The Morgan fingerprint density at radius 2 is 1.36 bits per heavy atom. The predicted molar refractivity (Wildman–Crippen MR) is 63.8 cm³/mol. The van der Waals surface area contributed by atoms with Crippen molar-refractivity contribution in [3.63, 3.8) is 0 Å². The zero-order chi connectivity index (χ0) is 9.10. The molecule has 0 aliphatic heterocycles. The van der Waals surface area contributed by atoms with Gasteiger partial charge in [0.25, 0.3) is 0 Å². The molecule has 0 nitrogen and oxygen atoms in total. The maximum atomic E-state index is 2.20. The monoisotopic (exact) mass is 192 g/mol. The van der Waals surface area contributed by atoms with Gasteiger partial charge in [0.05, 0.1) is 0 Å². The number of hydrogen-bond donors (Lipinski definition) is 0. The molecule has 0 N–H and O–H groups in total. The summed E-state index contributed by atoms with van der Waals surface area (Å²) in [5.41, 5.74) is 3.88. The first kappa shape index (κ1) is 11.5. The molecule has 0 unspecified atom stereocenters. The first-order valence-electron chi connectivity index (χ1n) is 4.48. The Bertz CT molecular complexity index is 393. The Kier molecular flexibility index (Phi) is 4.40. The van der Waals surface area contributed by atoms with Crippen molar-refractivity contribution in [3.05, 3.63) is 60.2 Å². The minimum atomic E-state index is 0. The molecule has 0 spiro atoms. The molecule has 2 aromatic rings. The zero-order valence-electron chi connectivity index (χ0n) is 7.70. The second-order valence-electron chi connectivity index (χ2n) is 3.24. The average molecular weight is 192 g/mol. The van der Waals surface area contributed by atoms with Crippen molar-refractivity contribution < 1.29 is 0 Å². The fraction of sp³-hybridized carbons (Fsp3) is 0.0769. The van der Waals surface area contributed by atoms with Crippen molar-refractivity contribution in [2.24, 2.45) is 0 Å². The SMILES string of the molecule is Cc1cccc(-c2ccccc2)c1.[NaH]. The summed E-state index contributed by atoms with van der Waals surface area (Å²) in [4.78, 5) is 0. The van der Waals surface area contributed by atoms with Crippen LogP contribution in [0.5, 0.6) is 0 Å². The quantitative estimate of drug-likeness (QED) is 0.609. The Morgan fingerprint density at radius 3 is 2.00 bits per heavy atom.